The first-order valence-electron chi connectivity index (χ1n) is 14.1. The number of benzene rings is 1. The smallest absolute Gasteiger partial charge is 0.304 e. The van der Waals surface area contributed by atoms with Crippen molar-refractivity contribution in [2.75, 3.05) is 18.0 Å². The Bertz CT molecular complexity index is 1850. The zero-order valence-corrected chi connectivity index (χ0v) is 24.9. The van der Waals surface area contributed by atoms with Crippen molar-refractivity contribution in [3.63, 3.8) is 0 Å². The number of carboxylic acids is 1. The van der Waals surface area contributed by atoms with Gasteiger partial charge in [0.25, 0.3) is 6.43 Å². The van der Waals surface area contributed by atoms with Gasteiger partial charge in [0.05, 0.1) is 12.0 Å². The number of fused-ring (bicyclic) bond motifs is 4. The third kappa shape index (κ3) is 4.93. The van der Waals surface area contributed by atoms with Gasteiger partial charge in [-0.2, -0.15) is 4.31 Å². The number of halogens is 2. The Balaban J connectivity index is 1.41. The maximum atomic E-state index is 14.0. The fourth-order valence-corrected chi connectivity index (χ4v) is 8.25. The minimum atomic E-state index is -3.90. The van der Waals surface area contributed by atoms with Gasteiger partial charge in [0.1, 0.15) is 10.7 Å². The van der Waals surface area contributed by atoms with Crippen molar-refractivity contribution in [1.82, 2.24) is 23.9 Å². The standard InChI is InChI=1S/C30H32F2N6O4S/c1-18-7-8-20(23(15-25(39)40)22-9-13-37-27(19(22)2)34-35-29(37)26(31)32)14-21(18)16-36-17-30(3)10-5-12-38(30)28-24(43(36,41)42)6-4-11-33-28/h4,6-9,11,13-14,23,26H,5,10,12,15-17H2,1-3H3,(H,39,40)/t23-,30-/m0/s1. The van der Waals surface area contributed by atoms with Gasteiger partial charge in [0, 0.05) is 37.9 Å². The van der Waals surface area contributed by atoms with Gasteiger partial charge < -0.3 is 10.0 Å². The van der Waals surface area contributed by atoms with Crippen molar-refractivity contribution in [2.45, 2.75) is 69.4 Å². The summed E-state index contributed by atoms with van der Waals surface area (Å²) in [4.78, 5) is 18.8. The van der Waals surface area contributed by atoms with Gasteiger partial charge in [-0.1, -0.05) is 18.2 Å². The number of aryl methyl sites for hydroxylation is 2. The minimum absolute atomic E-state index is 0.0967. The lowest BCUT2D eigenvalue weighted by atomic mass is 9.85. The number of anilines is 1. The molecule has 43 heavy (non-hydrogen) atoms. The molecule has 1 N–H and O–H groups in total. The summed E-state index contributed by atoms with van der Waals surface area (Å²) in [5.41, 5.74) is 3.26. The van der Waals surface area contributed by atoms with Crippen molar-refractivity contribution in [2.24, 2.45) is 0 Å². The molecule has 1 fully saturated rings. The highest BCUT2D eigenvalue weighted by Crippen LogP contribution is 2.42. The van der Waals surface area contributed by atoms with Crippen LogP contribution in [0, 0.1) is 13.8 Å². The van der Waals surface area contributed by atoms with Crippen LogP contribution in [-0.2, 0) is 21.4 Å². The molecule has 0 bridgehead atoms. The first-order chi connectivity index (χ1) is 20.4. The Morgan fingerprint density at radius 3 is 2.70 bits per heavy atom. The van der Waals surface area contributed by atoms with Crippen molar-refractivity contribution in [1.29, 1.82) is 0 Å². The Kier molecular flexibility index (Phi) is 7.20. The van der Waals surface area contributed by atoms with Crippen molar-refractivity contribution in [3.8, 4) is 0 Å². The molecular formula is C30H32F2N6O4S. The van der Waals surface area contributed by atoms with Crippen LogP contribution >= 0.6 is 0 Å². The van der Waals surface area contributed by atoms with E-state index < -0.39 is 39.7 Å². The summed E-state index contributed by atoms with van der Waals surface area (Å²) in [6, 6.07) is 10.4. The SMILES string of the molecule is Cc1ccc([C@H](CC(=O)O)c2ccn3c(C(F)F)nnc3c2C)cc1CN1C[C@]2(C)CCCN2c2ncccc2S1(=O)=O. The number of alkyl halides is 2. The summed E-state index contributed by atoms with van der Waals surface area (Å²) in [5.74, 6) is -1.68. The Labute approximate surface area is 248 Å². The zero-order valence-electron chi connectivity index (χ0n) is 24.0. The molecule has 5 heterocycles. The van der Waals surface area contributed by atoms with Gasteiger partial charge in [0.15, 0.2) is 5.65 Å². The van der Waals surface area contributed by atoms with Gasteiger partial charge >= 0.3 is 5.97 Å². The number of pyridine rings is 2. The first-order valence-corrected chi connectivity index (χ1v) is 15.5. The van der Waals surface area contributed by atoms with E-state index >= 15 is 0 Å². The summed E-state index contributed by atoms with van der Waals surface area (Å²) in [6.07, 6.45) is 1.74. The lowest BCUT2D eigenvalue weighted by Gasteiger charge is -2.36. The van der Waals surface area contributed by atoms with E-state index in [0.29, 0.717) is 22.5 Å². The fraction of sp³-hybridized carbons (Fsp3) is 0.400. The summed E-state index contributed by atoms with van der Waals surface area (Å²) >= 11 is 0. The van der Waals surface area contributed by atoms with Crippen LogP contribution in [0.15, 0.2) is 53.7 Å². The second-order valence-electron chi connectivity index (χ2n) is 11.6. The fourth-order valence-electron chi connectivity index (χ4n) is 6.57. The maximum absolute atomic E-state index is 14.0. The van der Waals surface area contributed by atoms with Gasteiger partial charge in [-0.25, -0.2) is 22.2 Å². The maximum Gasteiger partial charge on any atom is 0.304 e. The van der Waals surface area contributed by atoms with Crippen LogP contribution < -0.4 is 4.90 Å². The Morgan fingerprint density at radius 2 is 1.95 bits per heavy atom. The van der Waals surface area contributed by atoms with Crippen LogP contribution in [0.2, 0.25) is 0 Å². The number of aromatic nitrogens is 4. The largest absolute Gasteiger partial charge is 0.481 e. The summed E-state index contributed by atoms with van der Waals surface area (Å²) < 4.78 is 57.7. The third-order valence-corrected chi connectivity index (χ3v) is 10.7. The van der Waals surface area contributed by atoms with Crippen molar-refractivity contribution >= 4 is 27.5 Å². The zero-order chi connectivity index (χ0) is 30.7. The van der Waals surface area contributed by atoms with Crippen molar-refractivity contribution < 1.29 is 27.1 Å². The van der Waals surface area contributed by atoms with Gasteiger partial charge in [-0.05, 0) is 79.6 Å². The normalized spacial score (nSPS) is 20.7. The molecule has 2 aliphatic rings. The van der Waals surface area contributed by atoms with Crippen LogP contribution in [0.4, 0.5) is 14.6 Å². The minimum Gasteiger partial charge on any atom is -0.481 e. The molecule has 6 rings (SSSR count). The van der Waals surface area contributed by atoms with E-state index in [4.69, 9.17) is 0 Å². The lowest BCUT2D eigenvalue weighted by Crippen LogP contribution is -2.49. The molecule has 13 heteroatoms. The van der Waals surface area contributed by atoms with E-state index in [1.807, 2.05) is 25.1 Å². The molecule has 0 unspecified atom stereocenters. The molecule has 0 saturated carbocycles. The molecule has 2 aliphatic heterocycles. The molecule has 4 aromatic rings. The molecular weight excluding hydrogens is 578 g/mol. The summed E-state index contributed by atoms with van der Waals surface area (Å²) in [7, 11) is -3.90. The van der Waals surface area contributed by atoms with Gasteiger partial charge in [0.2, 0.25) is 15.8 Å². The molecule has 226 valence electrons. The van der Waals surface area contributed by atoms with Crippen molar-refractivity contribution in [3.05, 3.63) is 82.4 Å². The molecule has 1 aromatic carbocycles. The van der Waals surface area contributed by atoms with Crippen LogP contribution in [0.3, 0.4) is 0 Å². The molecule has 2 atom stereocenters. The van der Waals surface area contributed by atoms with Crippen LogP contribution in [0.5, 0.6) is 0 Å². The van der Waals surface area contributed by atoms with E-state index in [2.05, 4.69) is 27.0 Å². The molecule has 0 aliphatic carbocycles. The highest BCUT2D eigenvalue weighted by molar-refractivity contribution is 7.89. The van der Waals surface area contributed by atoms with E-state index in [0.717, 1.165) is 30.5 Å². The number of hydrogen-bond acceptors (Lipinski definition) is 7. The van der Waals surface area contributed by atoms with Gasteiger partial charge in [-0.15, -0.1) is 10.2 Å². The monoisotopic (exact) mass is 610 g/mol. The quantitative estimate of drug-likeness (QED) is 0.315. The topological polar surface area (TPSA) is 121 Å². The Hall–Kier alpha value is -3.97. The summed E-state index contributed by atoms with van der Waals surface area (Å²) in [5, 5.41) is 17.4. The predicted molar refractivity (Wildman–Crippen MR) is 155 cm³/mol. The number of sulfonamides is 1. The second kappa shape index (κ2) is 10.6. The van der Waals surface area contributed by atoms with Crippen LogP contribution in [-0.4, -0.2) is 62.0 Å². The average molecular weight is 611 g/mol. The number of carbonyl (C=O) groups is 1. The molecule has 3 aromatic heterocycles. The molecule has 0 amide bonds. The van der Waals surface area contributed by atoms with Gasteiger partial charge in [-0.3, -0.25) is 9.20 Å². The Morgan fingerprint density at radius 1 is 1.16 bits per heavy atom. The van der Waals surface area contributed by atoms with E-state index in [1.165, 1.54) is 14.9 Å². The molecule has 1 saturated heterocycles. The van der Waals surface area contributed by atoms with Crippen LogP contribution in [0.1, 0.15) is 72.2 Å². The second-order valence-corrected chi connectivity index (χ2v) is 13.5. The highest BCUT2D eigenvalue weighted by atomic mass is 32.2. The molecule has 0 radical (unpaired) electrons. The average Bonchev–Trinajstić information content (AvgIpc) is 3.55. The third-order valence-electron chi connectivity index (χ3n) is 8.86. The number of nitrogens with zero attached hydrogens (tertiary/aromatic N) is 6. The first kappa shape index (κ1) is 29.1. The predicted octanol–water partition coefficient (Wildman–Crippen LogP) is 4.85. The molecule has 0 spiro atoms. The highest BCUT2D eigenvalue weighted by Gasteiger charge is 2.47. The number of aliphatic carboxylic acids is 1. The van der Waals surface area contributed by atoms with E-state index in [9.17, 15) is 27.1 Å². The van der Waals surface area contributed by atoms with Crippen LogP contribution in [0.25, 0.3) is 5.65 Å². The lowest BCUT2D eigenvalue weighted by molar-refractivity contribution is -0.137. The number of rotatable bonds is 7. The number of hydrogen-bond donors (Lipinski definition) is 1. The summed E-state index contributed by atoms with van der Waals surface area (Å²) in [6.45, 7) is 6.78. The van der Waals surface area contributed by atoms with E-state index in [1.54, 1.807) is 31.3 Å². The number of carboxylic acid groups (broad SMARTS) is 1. The molecule has 10 nitrogen and oxygen atoms in total. The van der Waals surface area contributed by atoms with E-state index in [-0.39, 0.29) is 30.1 Å².